The SMILES string of the molecule is COc1cncc(N2CCN(C3=Nc4c(csc4F)CN3c3cc(C(F)(F)F)ccc3OC)CC2)c1. The van der Waals surface area contributed by atoms with Crippen LogP contribution in [0, 0.1) is 5.13 Å². The van der Waals surface area contributed by atoms with Gasteiger partial charge in [-0.15, -0.1) is 11.3 Å². The molecule has 4 heterocycles. The highest BCUT2D eigenvalue weighted by Crippen LogP contribution is 2.41. The average molecular weight is 522 g/mol. The summed E-state index contributed by atoms with van der Waals surface area (Å²) in [6.45, 7) is 2.44. The van der Waals surface area contributed by atoms with Gasteiger partial charge in [0.15, 0.2) is 0 Å². The lowest BCUT2D eigenvalue weighted by molar-refractivity contribution is -0.137. The number of ether oxygens (including phenoxy) is 2. The number of aliphatic imine (C=N–C) groups is 1. The zero-order valence-corrected chi connectivity index (χ0v) is 20.4. The molecule has 2 aromatic heterocycles. The predicted molar refractivity (Wildman–Crippen MR) is 130 cm³/mol. The molecule has 0 unspecified atom stereocenters. The van der Waals surface area contributed by atoms with Crippen LogP contribution < -0.4 is 19.3 Å². The van der Waals surface area contributed by atoms with Gasteiger partial charge in [-0.2, -0.15) is 17.6 Å². The van der Waals surface area contributed by atoms with Gasteiger partial charge in [-0.1, -0.05) is 0 Å². The molecular weight excluding hydrogens is 498 g/mol. The molecule has 0 spiro atoms. The molecule has 0 radical (unpaired) electrons. The number of fused-ring (bicyclic) bond motifs is 1. The van der Waals surface area contributed by atoms with Crippen molar-refractivity contribution in [1.29, 1.82) is 0 Å². The Labute approximate surface area is 209 Å². The van der Waals surface area contributed by atoms with E-state index in [4.69, 9.17) is 9.47 Å². The molecule has 0 N–H and O–H groups in total. The Bertz CT molecular complexity index is 1290. The maximum absolute atomic E-state index is 14.5. The highest BCUT2D eigenvalue weighted by molar-refractivity contribution is 7.08. The molecule has 5 rings (SSSR count). The molecule has 1 fully saturated rings. The molecule has 2 aliphatic heterocycles. The number of aromatic nitrogens is 1. The molecule has 1 aromatic carbocycles. The van der Waals surface area contributed by atoms with E-state index in [1.165, 1.54) is 13.2 Å². The van der Waals surface area contributed by atoms with Crippen LogP contribution in [0.15, 0.2) is 47.0 Å². The third-order valence-corrected chi connectivity index (χ3v) is 7.04. The van der Waals surface area contributed by atoms with E-state index in [-0.39, 0.29) is 23.7 Å². The number of pyridine rings is 1. The number of benzene rings is 1. The van der Waals surface area contributed by atoms with Crippen molar-refractivity contribution in [3.8, 4) is 11.5 Å². The smallest absolute Gasteiger partial charge is 0.416 e. The van der Waals surface area contributed by atoms with Crippen LogP contribution in [0.3, 0.4) is 0 Å². The Balaban J connectivity index is 1.48. The molecule has 0 aliphatic carbocycles. The Morgan fingerprint density at radius 1 is 0.972 bits per heavy atom. The Morgan fingerprint density at radius 3 is 2.42 bits per heavy atom. The van der Waals surface area contributed by atoms with Gasteiger partial charge in [0.25, 0.3) is 0 Å². The minimum Gasteiger partial charge on any atom is -0.495 e. The van der Waals surface area contributed by atoms with E-state index >= 15 is 0 Å². The second kappa shape index (κ2) is 9.49. The van der Waals surface area contributed by atoms with Gasteiger partial charge in [0.2, 0.25) is 11.1 Å². The zero-order chi connectivity index (χ0) is 25.4. The van der Waals surface area contributed by atoms with E-state index in [1.54, 1.807) is 29.8 Å². The molecule has 0 saturated carbocycles. The number of alkyl halides is 3. The van der Waals surface area contributed by atoms with Gasteiger partial charge < -0.3 is 24.2 Å². The van der Waals surface area contributed by atoms with Gasteiger partial charge in [0.05, 0.1) is 50.1 Å². The van der Waals surface area contributed by atoms with Crippen molar-refractivity contribution in [2.24, 2.45) is 4.99 Å². The molecule has 36 heavy (non-hydrogen) atoms. The fourth-order valence-electron chi connectivity index (χ4n) is 4.36. The fourth-order valence-corrected chi connectivity index (χ4v) is 5.08. The van der Waals surface area contributed by atoms with Gasteiger partial charge in [-0.05, 0) is 18.2 Å². The molecule has 7 nitrogen and oxygen atoms in total. The first-order valence-electron chi connectivity index (χ1n) is 11.1. The molecule has 0 amide bonds. The fraction of sp³-hybridized carbons (Fsp3) is 0.333. The van der Waals surface area contributed by atoms with Crippen LogP contribution in [0.4, 0.5) is 34.6 Å². The van der Waals surface area contributed by atoms with Crippen LogP contribution in [0.25, 0.3) is 0 Å². The Morgan fingerprint density at radius 2 is 1.72 bits per heavy atom. The van der Waals surface area contributed by atoms with Gasteiger partial charge in [-0.3, -0.25) is 4.98 Å². The highest BCUT2D eigenvalue weighted by atomic mass is 32.1. The quantitative estimate of drug-likeness (QED) is 0.443. The van der Waals surface area contributed by atoms with Crippen molar-refractivity contribution in [2.75, 3.05) is 50.2 Å². The topological polar surface area (TPSA) is 53.4 Å². The van der Waals surface area contributed by atoms with Crippen LogP contribution in [0.2, 0.25) is 0 Å². The van der Waals surface area contributed by atoms with Crippen molar-refractivity contribution >= 4 is 34.4 Å². The molecule has 12 heteroatoms. The van der Waals surface area contributed by atoms with Crippen LogP contribution in [0.1, 0.15) is 11.1 Å². The van der Waals surface area contributed by atoms with Gasteiger partial charge in [0.1, 0.15) is 17.2 Å². The summed E-state index contributed by atoms with van der Waals surface area (Å²) in [4.78, 5) is 14.6. The average Bonchev–Trinajstić information content (AvgIpc) is 3.26. The maximum atomic E-state index is 14.5. The molecule has 1 saturated heterocycles. The summed E-state index contributed by atoms with van der Waals surface area (Å²) in [6.07, 6.45) is -1.14. The van der Waals surface area contributed by atoms with E-state index in [1.807, 2.05) is 11.0 Å². The summed E-state index contributed by atoms with van der Waals surface area (Å²) in [6, 6.07) is 5.24. The summed E-state index contributed by atoms with van der Waals surface area (Å²) >= 11 is 0.927. The molecule has 0 atom stereocenters. The first-order chi connectivity index (χ1) is 17.3. The predicted octanol–water partition coefficient (Wildman–Crippen LogP) is 5.15. The number of piperazine rings is 1. The van der Waals surface area contributed by atoms with E-state index in [2.05, 4.69) is 14.9 Å². The number of nitrogens with zero attached hydrogens (tertiary/aromatic N) is 5. The highest BCUT2D eigenvalue weighted by Gasteiger charge is 2.35. The Kier molecular flexibility index (Phi) is 6.37. The first-order valence-corrected chi connectivity index (χ1v) is 12.0. The van der Waals surface area contributed by atoms with Crippen molar-refractivity contribution in [1.82, 2.24) is 9.88 Å². The Hall–Kier alpha value is -3.54. The second-order valence-corrected chi connectivity index (χ2v) is 9.15. The van der Waals surface area contributed by atoms with Gasteiger partial charge >= 0.3 is 6.18 Å². The molecule has 0 bridgehead atoms. The van der Waals surface area contributed by atoms with Crippen LogP contribution in [-0.2, 0) is 12.7 Å². The van der Waals surface area contributed by atoms with Crippen LogP contribution >= 0.6 is 11.3 Å². The normalized spacial score (nSPS) is 16.1. The van der Waals surface area contributed by atoms with Crippen molar-refractivity contribution < 1.29 is 27.0 Å². The second-order valence-electron chi connectivity index (χ2n) is 8.32. The number of rotatable bonds is 4. The lowest BCUT2D eigenvalue weighted by Crippen LogP contribution is -2.54. The number of halogens is 4. The molecule has 2 aliphatic rings. The largest absolute Gasteiger partial charge is 0.495 e. The third kappa shape index (κ3) is 4.52. The lowest BCUT2D eigenvalue weighted by atomic mass is 10.1. The van der Waals surface area contributed by atoms with Crippen LogP contribution in [0.5, 0.6) is 11.5 Å². The summed E-state index contributed by atoms with van der Waals surface area (Å²) in [7, 11) is 2.98. The van der Waals surface area contributed by atoms with E-state index in [9.17, 15) is 17.6 Å². The number of methoxy groups -OCH3 is 2. The molecule has 190 valence electrons. The molecule has 3 aromatic rings. The number of guanidine groups is 1. The first kappa shape index (κ1) is 24.2. The van der Waals surface area contributed by atoms with Crippen molar-refractivity contribution in [2.45, 2.75) is 12.7 Å². The van der Waals surface area contributed by atoms with Crippen molar-refractivity contribution in [3.63, 3.8) is 0 Å². The summed E-state index contributed by atoms with van der Waals surface area (Å²) in [5, 5.41) is 1.23. The number of anilines is 2. The lowest BCUT2D eigenvalue weighted by Gasteiger charge is -2.42. The van der Waals surface area contributed by atoms with Crippen molar-refractivity contribution in [3.05, 3.63) is 58.3 Å². The monoisotopic (exact) mass is 521 g/mol. The summed E-state index contributed by atoms with van der Waals surface area (Å²) in [5.74, 6) is 1.31. The number of thiophene rings is 1. The van der Waals surface area contributed by atoms with E-state index < -0.39 is 16.9 Å². The van der Waals surface area contributed by atoms with Gasteiger partial charge in [-0.25, -0.2) is 4.99 Å². The van der Waals surface area contributed by atoms with E-state index in [0.29, 0.717) is 43.5 Å². The van der Waals surface area contributed by atoms with E-state index in [0.717, 1.165) is 29.2 Å². The third-order valence-electron chi connectivity index (χ3n) is 6.24. The van der Waals surface area contributed by atoms with Gasteiger partial charge in [0, 0.05) is 43.2 Å². The maximum Gasteiger partial charge on any atom is 0.416 e. The summed E-state index contributed by atoms with van der Waals surface area (Å²) < 4.78 is 65.8. The summed E-state index contributed by atoms with van der Waals surface area (Å²) in [5.41, 5.74) is 1.18. The van der Waals surface area contributed by atoms with Crippen LogP contribution in [-0.4, -0.2) is 56.2 Å². The standard InChI is InChI=1S/C24H23F4N5O2S/c1-34-18-10-17(11-29-12-18)31-5-7-32(8-6-31)23-30-21-15(14-36-22(21)25)13-33(23)19-9-16(24(26,27)28)3-4-20(19)35-2/h3-4,9-12,14H,5-8,13H2,1-2H3. The zero-order valence-electron chi connectivity index (χ0n) is 19.5. The number of hydrogen-bond donors (Lipinski definition) is 0. The number of hydrogen-bond acceptors (Lipinski definition) is 8. The molecular formula is C24H23F4N5O2S. The minimum absolute atomic E-state index is 0.173. The minimum atomic E-state index is -4.52.